The molecule has 1 aliphatic heterocycles. The van der Waals surface area contributed by atoms with E-state index in [9.17, 15) is 9.59 Å². The smallest absolute Gasteiger partial charge is 0.263 e. The number of carbonyl (C=O) groups excluding carboxylic acids is 1. The number of carbonyl (C=O) groups is 1. The van der Waals surface area contributed by atoms with E-state index < -0.39 is 0 Å². The topological polar surface area (TPSA) is 55.2 Å². The highest BCUT2D eigenvalue weighted by Gasteiger charge is 2.26. The third-order valence-corrected chi connectivity index (χ3v) is 7.21. The summed E-state index contributed by atoms with van der Waals surface area (Å²) in [6.07, 6.45) is 5.76. The minimum atomic E-state index is -0.124. The lowest BCUT2D eigenvalue weighted by Crippen LogP contribution is -2.45. The molecule has 0 aromatic carbocycles. The van der Waals surface area contributed by atoms with Gasteiger partial charge in [0.1, 0.15) is 11.4 Å². The van der Waals surface area contributed by atoms with Gasteiger partial charge in [0.15, 0.2) is 0 Å². The van der Waals surface area contributed by atoms with Crippen molar-refractivity contribution in [1.82, 2.24) is 14.5 Å². The predicted octanol–water partition coefficient (Wildman–Crippen LogP) is 4.29. The number of rotatable bonds is 4. The number of piperidine rings is 1. The van der Waals surface area contributed by atoms with Gasteiger partial charge in [-0.25, -0.2) is 4.98 Å². The van der Waals surface area contributed by atoms with Crippen LogP contribution in [0.5, 0.6) is 0 Å². The van der Waals surface area contributed by atoms with Crippen molar-refractivity contribution in [1.29, 1.82) is 0 Å². The summed E-state index contributed by atoms with van der Waals surface area (Å²) < 4.78 is 1.47. The van der Waals surface area contributed by atoms with Crippen LogP contribution in [-0.4, -0.2) is 32.9 Å². The number of aromatic nitrogens is 2. The second-order valence-electron chi connectivity index (χ2n) is 7.06. The van der Waals surface area contributed by atoms with Gasteiger partial charge in [-0.1, -0.05) is 6.92 Å². The Labute approximate surface area is 166 Å². The summed E-state index contributed by atoms with van der Waals surface area (Å²) in [5, 5.41) is 2.62. The summed E-state index contributed by atoms with van der Waals surface area (Å²) in [7, 11) is 0. The average molecular weight is 402 g/mol. The van der Waals surface area contributed by atoms with Crippen molar-refractivity contribution in [2.45, 2.75) is 52.1 Å². The fourth-order valence-electron chi connectivity index (χ4n) is 3.83. The number of hydrogen-bond donors (Lipinski definition) is 0. The first-order chi connectivity index (χ1) is 13.1. The predicted molar refractivity (Wildman–Crippen MR) is 112 cm³/mol. The van der Waals surface area contributed by atoms with Crippen LogP contribution < -0.4 is 5.56 Å². The molecule has 4 rings (SSSR count). The minimum Gasteiger partial charge on any atom is -0.338 e. The molecule has 0 radical (unpaired) electrons. The Bertz CT molecular complexity index is 1030. The van der Waals surface area contributed by atoms with Gasteiger partial charge in [-0.15, -0.1) is 22.7 Å². The van der Waals surface area contributed by atoms with Crippen LogP contribution in [0.4, 0.5) is 0 Å². The van der Waals surface area contributed by atoms with E-state index in [2.05, 4.69) is 24.9 Å². The molecule has 0 spiro atoms. The summed E-state index contributed by atoms with van der Waals surface area (Å²) in [6.45, 7) is 5.04. The molecule has 1 aliphatic rings. The van der Waals surface area contributed by atoms with Gasteiger partial charge < -0.3 is 4.90 Å². The van der Waals surface area contributed by atoms with E-state index in [1.54, 1.807) is 11.3 Å². The van der Waals surface area contributed by atoms with Crippen LogP contribution in [0.1, 0.15) is 37.5 Å². The largest absolute Gasteiger partial charge is 0.338 e. The Morgan fingerprint density at radius 3 is 2.93 bits per heavy atom. The molecule has 4 heterocycles. The minimum absolute atomic E-state index is 0.0218. The molecule has 142 valence electrons. The van der Waals surface area contributed by atoms with Gasteiger partial charge in [-0.3, -0.25) is 14.2 Å². The molecular weight excluding hydrogens is 378 g/mol. The number of aryl methyl sites for hydroxylation is 1. The standard InChI is InChI=1S/C20H23N3O2S2/c1-3-14-6-4-5-9-23(14)17(24)10-22-12-21-19-18(20(22)25)15(11-26-19)16-8-7-13(2)27-16/h7-8,11-12,14H,3-6,9-10H2,1-2H3/t14-/m1/s1. The maximum atomic E-state index is 13.1. The molecular formula is C20H23N3O2S2. The molecule has 1 atom stereocenters. The van der Waals surface area contributed by atoms with Gasteiger partial charge in [-0.2, -0.15) is 0 Å². The van der Waals surface area contributed by atoms with Crippen LogP contribution in [0.25, 0.3) is 20.7 Å². The van der Waals surface area contributed by atoms with Crippen LogP contribution in [0.3, 0.4) is 0 Å². The Morgan fingerprint density at radius 2 is 2.19 bits per heavy atom. The summed E-state index contributed by atoms with van der Waals surface area (Å²) in [5.41, 5.74) is 0.803. The zero-order valence-corrected chi connectivity index (χ0v) is 17.2. The second-order valence-corrected chi connectivity index (χ2v) is 9.21. The SMILES string of the molecule is CC[C@@H]1CCCCN1C(=O)Cn1cnc2scc(-c3ccc(C)s3)c2c1=O. The molecule has 0 aliphatic carbocycles. The molecule has 0 N–H and O–H groups in total. The average Bonchev–Trinajstić information content (AvgIpc) is 3.30. The van der Waals surface area contributed by atoms with Crippen molar-refractivity contribution < 1.29 is 4.79 Å². The highest BCUT2D eigenvalue weighted by atomic mass is 32.1. The normalized spacial score (nSPS) is 17.6. The Hall–Kier alpha value is -1.99. The lowest BCUT2D eigenvalue weighted by molar-refractivity contribution is -0.135. The number of hydrogen-bond acceptors (Lipinski definition) is 5. The molecule has 0 saturated carbocycles. The molecule has 1 fully saturated rings. The van der Waals surface area contributed by atoms with E-state index >= 15 is 0 Å². The van der Waals surface area contributed by atoms with Crippen LogP contribution in [-0.2, 0) is 11.3 Å². The monoisotopic (exact) mass is 401 g/mol. The maximum Gasteiger partial charge on any atom is 0.263 e. The van der Waals surface area contributed by atoms with Gasteiger partial charge in [0.2, 0.25) is 5.91 Å². The van der Waals surface area contributed by atoms with Crippen molar-refractivity contribution in [2.75, 3.05) is 6.54 Å². The fourth-order valence-corrected chi connectivity index (χ4v) is 5.69. The maximum absolute atomic E-state index is 13.1. The molecule has 0 unspecified atom stereocenters. The van der Waals surface area contributed by atoms with Crippen LogP contribution in [0, 0.1) is 6.92 Å². The zero-order chi connectivity index (χ0) is 19.0. The molecule has 5 nitrogen and oxygen atoms in total. The quantitative estimate of drug-likeness (QED) is 0.655. The molecule has 27 heavy (non-hydrogen) atoms. The summed E-state index contributed by atoms with van der Waals surface area (Å²) in [5.74, 6) is 0.0218. The number of fused-ring (bicyclic) bond motifs is 1. The third kappa shape index (κ3) is 3.46. The van der Waals surface area contributed by atoms with Crippen molar-refractivity contribution >= 4 is 38.8 Å². The molecule has 7 heteroatoms. The van der Waals surface area contributed by atoms with E-state index in [0.29, 0.717) is 11.4 Å². The fraction of sp³-hybridized carbons (Fsp3) is 0.450. The highest BCUT2D eigenvalue weighted by molar-refractivity contribution is 7.19. The van der Waals surface area contributed by atoms with E-state index in [4.69, 9.17) is 0 Å². The Kier molecular flexibility index (Phi) is 5.14. The van der Waals surface area contributed by atoms with E-state index in [0.717, 1.165) is 41.1 Å². The van der Waals surface area contributed by atoms with E-state index in [1.165, 1.54) is 33.5 Å². The molecule has 0 bridgehead atoms. The lowest BCUT2D eigenvalue weighted by atomic mass is 10.00. The van der Waals surface area contributed by atoms with Gasteiger partial charge >= 0.3 is 0 Å². The van der Waals surface area contributed by atoms with Crippen molar-refractivity contribution in [3.63, 3.8) is 0 Å². The van der Waals surface area contributed by atoms with Gasteiger partial charge in [0, 0.05) is 33.3 Å². The van der Waals surface area contributed by atoms with Crippen LogP contribution in [0.15, 0.2) is 28.6 Å². The zero-order valence-electron chi connectivity index (χ0n) is 15.6. The Morgan fingerprint density at radius 1 is 1.33 bits per heavy atom. The van der Waals surface area contributed by atoms with Crippen molar-refractivity contribution in [3.05, 3.63) is 39.1 Å². The number of likely N-dealkylation sites (tertiary alicyclic amines) is 1. The van der Waals surface area contributed by atoms with Gasteiger partial charge in [0.05, 0.1) is 11.7 Å². The summed E-state index contributed by atoms with van der Waals surface area (Å²) in [4.78, 5) is 35.4. The van der Waals surface area contributed by atoms with Crippen molar-refractivity contribution in [2.24, 2.45) is 0 Å². The lowest BCUT2D eigenvalue weighted by Gasteiger charge is -2.35. The number of amides is 1. The molecule has 1 amide bonds. The second kappa shape index (κ2) is 7.56. The molecule has 3 aromatic heterocycles. The first-order valence-electron chi connectivity index (χ1n) is 9.41. The third-order valence-electron chi connectivity index (χ3n) is 5.29. The van der Waals surface area contributed by atoms with Gasteiger partial charge in [-0.05, 0) is 44.7 Å². The molecule has 1 saturated heterocycles. The van der Waals surface area contributed by atoms with Gasteiger partial charge in [0.25, 0.3) is 5.56 Å². The van der Waals surface area contributed by atoms with Crippen LogP contribution >= 0.6 is 22.7 Å². The van der Waals surface area contributed by atoms with E-state index in [1.807, 2.05) is 16.3 Å². The highest BCUT2D eigenvalue weighted by Crippen LogP contribution is 2.34. The molecule has 3 aromatic rings. The van der Waals surface area contributed by atoms with Crippen molar-refractivity contribution in [3.8, 4) is 10.4 Å². The van der Waals surface area contributed by atoms with Crippen LogP contribution in [0.2, 0.25) is 0 Å². The number of nitrogens with zero attached hydrogens (tertiary/aromatic N) is 3. The summed E-state index contributed by atoms with van der Waals surface area (Å²) >= 11 is 3.15. The first-order valence-corrected chi connectivity index (χ1v) is 11.1. The number of thiophene rings is 2. The van der Waals surface area contributed by atoms with E-state index in [-0.39, 0.29) is 18.0 Å². The first kappa shape index (κ1) is 18.4. The summed E-state index contributed by atoms with van der Waals surface area (Å²) in [6, 6.07) is 4.40. The Balaban J connectivity index is 1.67.